The average molecular weight is 315 g/mol. The number of halogens is 1. The Morgan fingerprint density at radius 2 is 2.25 bits per heavy atom. The zero-order valence-corrected chi connectivity index (χ0v) is 12.3. The number of ether oxygens (including phenoxy) is 1. The third-order valence-corrected chi connectivity index (χ3v) is 6.53. The molecule has 7 heteroatoms. The predicted octanol–water partition coefficient (Wildman–Crippen LogP) is 2.78. The third kappa shape index (κ3) is 2.84. The maximum atomic E-state index is 13.1. The minimum atomic E-state index is -3.47. The quantitative estimate of drug-likeness (QED) is 0.874. The molecule has 0 radical (unpaired) electrons. The van der Waals surface area contributed by atoms with Crippen molar-refractivity contribution in [2.45, 2.75) is 29.7 Å². The molecule has 1 aromatic carbocycles. The Labute approximate surface area is 120 Å². The molecule has 20 heavy (non-hydrogen) atoms. The molecule has 1 aromatic heterocycles. The average Bonchev–Trinajstić information content (AvgIpc) is 2.83. The Balaban J connectivity index is 1.88. The van der Waals surface area contributed by atoms with E-state index in [4.69, 9.17) is 4.74 Å². The number of nitrogens with zero attached hydrogens (tertiary/aromatic N) is 1. The molecular formula is C13H14FNO3S2. The lowest BCUT2D eigenvalue weighted by molar-refractivity contribution is 0.0305. The summed E-state index contributed by atoms with van der Waals surface area (Å²) in [6.07, 6.45) is 2.48. The lowest BCUT2D eigenvalue weighted by atomic mass is 10.1. The molecule has 0 spiro atoms. The summed E-state index contributed by atoms with van der Waals surface area (Å²) in [5.74, 6) is -0.435. The molecule has 4 nitrogen and oxygen atoms in total. The Kier molecular flexibility index (Phi) is 3.74. The highest BCUT2D eigenvalue weighted by Gasteiger charge is 2.26. The summed E-state index contributed by atoms with van der Waals surface area (Å²) in [6.45, 7) is 0.616. The molecule has 1 saturated heterocycles. The van der Waals surface area contributed by atoms with Crippen LogP contribution in [0.1, 0.15) is 19.3 Å². The maximum Gasteiger partial charge on any atom is 0.210 e. The van der Waals surface area contributed by atoms with Gasteiger partial charge in [0.05, 0.1) is 22.1 Å². The van der Waals surface area contributed by atoms with E-state index in [0.717, 1.165) is 30.6 Å². The van der Waals surface area contributed by atoms with Crippen molar-refractivity contribution in [3.8, 4) is 0 Å². The number of sulfone groups is 1. The highest BCUT2D eigenvalue weighted by atomic mass is 32.2. The number of hydrogen-bond acceptors (Lipinski definition) is 5. The molecule has 0 N–H and O–H groups in total. The smallest absolute Gasteiger partial charge is 0.210 e. The largest absolute Gasteiger partial charge is 0.377 e. The van der Waals surface area contributed by atoms with Crippen LogP contribution in [0, 0.1) is 5.82 Å². The first-order chi connectivity index (χ1) is 9.54. The first-order valence-electron chi connectivity index (χ1n) is 6.45. The van der Waals surface area contributed by atoms with Gasteiger partial charge in [-0.05, 0) is 37.5 Å². The van der Waals surface area contributed by atoms with E-state index < -0.39 is 9.84 Å². The van der Waals surface area contributed by atoms with Gasteiger partial charge in [0, 0.05) is 6.61 Å². The van der Waals surface area contributed by atoms with Crippen molar-refractivity contribution in [3.05, 3.63) is 24.0 Å². The SMILES string of the molecule is O=S(=O)(CC1CCCCO1)c1nc2ccc(F)cc2s1. The van der Waals surface area contributed by atoms with Gasteiger partial charge in [-0.25, -0.2) is 17.8 Å². The van der Waals surface area contributed by atoms with Gasteiger partial charge in [-0.15, -0.1) is 11.3 Å². The van der Waals surface area contributed by atoms with E-state index in [-0.39, 0.29) is 22.0 Å². The van der Waals surface area contributed by atoms with Crippen molar-refractivity contribution in [1.82, 2.24) is 4.98 Å². The molecule has 1 unspecified atom stereocenters. The standard InChI is InChI=1S/C13H14FNO3S2/c14-9-4-5-11-12(7-9)19-13(15-11)20(16,17)8-10-3-1-2-6-18-10/h4-5,7,10H,1-3,6,8H2. The molecule has 2 heterocycles. The van der Waals surface area contributed by atoms with Crippen LogP contribution in [0.2, 0.25) is 0 Å². The van der Waals surface area contributed by atoms with Crippen molar-refractivity contribution in [3.63, 3.8) is 0 Å². The van der Waals surface area contributed by atoms with Gasteiger partial charge in [-0.3, -0.25) is 0 Å². The van der Waals surface area contributed by atoms with Crippen LogP contribution in [0.25, 0.3) is 10.2 Å². The van der Waals surface area contributed by atoms with Crippen molar-refractivity contribution >= 4 is 31.4 Å². The summed E-state index contributed by atoms with van der Waals surface area (Å²) in [7, 11) is -3.47. The van der Waals surface area contributed by atoms with E-state index in [2.05, 4.69) is 4.98 Å². The van der Waals surface area contributed by atoms with Crippen molar-refractivity contribution in [2.24, 2.45) is 0 Å². The predicted molar refractivity (Wildman–Crippen MR) is 75.2 cm³/mol. The molecule has 0 amide bonds. The fraction of sp³-hybridized carbons (Fsp3) is 0.462. The van der Waals surface area contributed by atoms with Gasteiger partial charge in [-0.1, -0.05) is 0 Å². The van der Waals surface area contributed by atoms with Gasteiger partial charge < -0.3 is 4.74 Å². The first-order valence-corrected chi connectivity index (χ1v) is 8.92. The highest BCUT2D eigenvalue weighted by molar-refractivity contribution is 7.93. The van der Waals surface area contributed by atoms with Crippen molar-refractivity contribution < 1.29 is 17.5 Å². The van der Waals surface area contributed by atoms with Gasteiger partial charge >= 0.3 is 0 Å². The number of hydrogen-bond donors (Lipinski definition) is 0. The Morgan fingerprint density at radius 1 is 1.40 bits per heavy atom. The Morgan fingerprint density at radius 3 is 3.00 bits per heavy atom. The van der Waals surface area contributed by atoms with E-state index in [0.29, 0.717) is 16.8 Å². The molecule has 0 aliphatic carbocycles. The molecule has 2 aromatic rings. The lowest BCUT2D eigenvalue weighted by Crippen LogP contribution is -2.27. The molecule has 1 fully saturated rings. The first kappa shape index (κ1) is 13.9. The summed E-state index contributed by atoms with van der Waals surface area (Å²) >= 11 is 1.01. The van der Waals surface area contributed by atoms with Gasteiger partial charge in [0.25, 0.3) is 0 Å². The number of rotatable bonds is 3. The molecule has 108 valence electrons. The fourth-order valence-corrected chi connectivity index (χ4v) is 5.10. The minimum Gasteiger partial charge on any atom is -0.377 e. The van der Waals surface area contributed by atoms with Crippen LogP contribution in [-0.4, -0.2) is 31.9 Å². The molecule has 1 aliphatic heterocycles. The summed E-state index contributed by atoms with van der Waals surface area (Å²) in [5.41, 5.74) is 0.513. The van der Waals surface area contributed by atoms with E-state index >= 15 is 0 Å². The van der Waals surface area contributed by atoms with Crippen LogP contribution in [0.15, 0.2) is 22.5 Å². The summed E-state index contributed by atoms with van der Waals surface area (Å²) in [5, 5.41) is 0. The van der Waals surface area contributed by atoms with E-state index in [1.807, 2.05) is 0 Å². The van der Waals surface area contributed by atoms with Crippen LogP contribution in [0.3, 0.4) is 0 Å². The van der Waals surface area contributed by atoms with Gasteiger partial charge in [-0.2, -0.15) is 0 Å². The van der Waals surface area contributed by atoms with Gasteiger partial charge in [0.1, 0.15) is 5.82 Å². The summed E-state index contributed by atoms with van der Waals surface area (Å²) in [6, 6.07) is 4.09. The number of aromatic nitrogens is 1. The fourth-order valence-electron chi connectivity index (χ4n) is 2.27. The van der Waals surface area contributed by atoms with Crippen LogP contribution in [0.4, 0.5) is 4.39 Å². The van der Waals surface area contributed by atoms with E-state index in [1.54, 1.807) is 0 Å². The molecule has 0 bridgehead atoms. The lowest BCUT2D eigenvalue weighted by Gasteiger charge is -2.21. The molecule has 0 saturated carbocycles. The van der Waals surface area contributed by atoms with Crippen LogP contribution in [0.5, 0.6) is 0 Å². The normalized spacial score (nSPS) is 20.4. The minimum absolute atomic E-state index is 0.0463. The molecule has 1 aliphatic rings. The van der Waals surface area contributed by atoms with E-state index in [1.165, 1.54) is 18.2 Å². The Hall–Kier alpha value is -1.05. The number of thiazole rings is 1. The topological polar surface area (TPSA) is 56.3 Å². The second-order valence-corrected chi connectivity index (χ2v) is 8.10. The van der Waals surface area contributed by atoms with Gasteiger partial charge in [0.2, 0.25) is 14.2 Å². The zero-order valence-electron chi connectivity index (χ0n) is 10.7. The molecular weight excluding hydrogens is 301 g/mol. The molecule has 1 atom stereocenters. The second kappa shape index (κ2) is 5.38. The highest BCUT2D eigenvalue weighted by Crippen LogP contribution is 2.28. The number of benzene rings is 1. The van der Waals surface area contributed by atoms with Crippen molar-refractivity contribution in [1.29, 1.82) is 0 Å². The van der Waals surface area contributed by atoms with Crippen molar-refractivity contribution in [2.75, 3.05) is 12.4 Å². The maximum absolute atomic E-state index is 13.1. The van der Waals surface area contributed by atoms with Crippen LogP contribution in [-0.2, 0) is 14.6 Å². The Bertz CT molecular complexity index is 720. The molecule has 3 rings (SSSR count). The zero-order chi connectivity index (χ0) is 14.2. The third-order valence-electron chi connectivity index (χ3n) is 3.28. The second-order valence-electron chi connectivity index (χ2n) is 4.86. The van der Waals surface area contributed by atoms with Crippen LogP contribution >= 0.6 is 11.3 Å². The van der Waals surface area contributed by atoms with Gasteiger partial charge in [0.15, 0.2) is 0 Å². The van der Waals surface area contributed by atoms with E-state index in [9.17, 15) is 12.8 Å². The summed E-state index contributed by atoms with van der Waals surface area (Å²) < 4.78 is 43.8. The monoisotopic (exact) mass is 315 g/mol. The van der Waals surface area contributed by atoms with Crippen LogP contribution < -0.4 is 0 Å². The summed E-state index contributed by atoms with van der Waals surface area (Å²) in [4.78, 5) is 4.10. The number of fused-ring (bicyclic) bond motifs is 1.